The summed E-state index contributed by atoms with van der Waals surface area (Å²) in [5.74, 6) is -0.283. The molecule has 2 aromatic carbocycles. The molecule has 1 aliphatic heterocycles. The van der Waals surface area contributed by atoms with Crippen LogP contribution in [0.15, 0.2) is 59.4 Å². The Morgan fingerprint density at radius 1 is 1.00 bits per heavy atom. The Labute approximate surface area is 170 Å². The third-order valence-electron chi connectivity index (χ3n) is 5.51. The van der Waals surface area contributed by atoms with Gasteiger partial charge in [0.1, 0.15) is 0 Å². The van der Waals surface area contributed by atoms with Gasteiger partial charge in [0.25, 0.3) is 5.91 Å². The number of H-pyrrole nitrogens is 1. The molecule has 1 aromatic heterocycles. The minimum Gasteiger partial charge on any atom is -0.369 e. The van der Waals surface area contributed by atoms with Crippen molar-refractivity contribution in [1.29, 1.82) is 0 Å². The number of nitrogens with one attached hydrogen (secondary N) is 2. The highest BCUT2D eigenvalue weighted by atomic mass is 16.2. The molecule has 0 saturated carbocycles. The number of amides is 1. The Morgan fingerprint density at radius 3 is 2.52 bits per heavy atom. The van der Waals surface area contributed by atoms with Crippen molar-refractivity contribution in [2.24, 2.45) is 0 Å². The summed E-state index contributed by atoms with van der Waals surface area (Å²) in [6, 6.07) is 17.1. The van der Waals surface area contributed by atoms with E-state index in [0.717, 1.165) is 42.9 Å². The molecule has 150 valence electrons. The summed E-state index contributed by atoms with van der Waals surface area (Å²) in [5.41, 5.74) is 2.57. The zero-order valence-electron chi connectivity index (χ0n) is 16.8. The van der Waals surface area contributed by atoms with Crippen LogP contribution in [0.25, 0.3) is 10.9 Å². The predicted octanol–water partition coefficient (Wildman–Crippen LogP) is 3.31. The van der Waals surface area contributed by atoms with E-state index in [2.05, 4.69) is 40.0 Å². The van der Waals surface area contributed by atoms with Gasteiger partial charge in [-0.1, -0.05) is 24.3 Å². The fraction of sp³-hybridized carbons (Fsp3) is 0.304. The number of hydrogen-bond acceptors (Lipinski definition) is 4. The van der Waals surface area contributed by atoms with Crippen molar-refractivity contribution in [3.8, 4) is 0 Å². The number of rotatable bonds is 4. The Kier molecular flexibility index (Phi) is 5.36. The van der Waals surface area contributed by atoms with Crippen LogP contribution in [0.3, 0.4) is 0 Å². The Morgan fingerprint density at radius 2 is 1.76 bits per heavy atom. The zero-order valence-corrected chi connectivity index (χ0v) is 16.8. The average molecular weight is 390 g/mol. The van der Waals surface area contributed by atoms with Crippen molar-refractivity contribution >= 4 is 28.2 Å². The van der Waals surface area contributed by atoms with Crippen LogP contribution in [-0.2, 0) is 0 Å². The van der Waals surface area contributed by atoms with Gasteiger partial charge in [0, 0.05) is 60.6 Å². The summed E-state index contributed by atoms with van der Waals surface area (Å²) in [7, 11) is 0. The summed E-state index contributed by atoms with van der Waals surface area (Å²) >= 11 is 0. The molecule has 3 aromatic rings. The van der Waals surface area contributed by atoms with Gasteiger partial charge in [0.2, 0.25) is 5.56 Å². The van der Waals surface area contributed by atoms with Crippen LogP contribution in [0, 0.1) is 0 Å². The van der Waals surface area contributed by atoms with E-state index in [9.17, 15) is 9.59 Å². The fourth-order valence-corrected chi connectivity index (χ4v) is 3.87. The Balaban J connectivity index is 1.53. The summed E-state index contributed by atoms with van der Waals surface area (Å²) < 4.78 is 0. The predicted molar refractivity (Wildman–Crippen MR) is 118 cm³/mol. The van der Waals surface area contributed by atoms with Crippen LogP contribution >= 0.6 is 0 Å². The second-order valence-electron chi connectivity index (χ2n) is 7.71. The average Bonchev–Trinajstić information content (AvgIpc) is 2.73. The normalized spacial score (nSPS) is 15.1. The number of anilines is 2. The molecule has 0 atom stereocenters. The molecule has 1 fully saturated rings. The van der Waals surface area contributed by atoms with Gasteiger partial charge in [-0.2, -0.15) is 0 Å². The third-order valence-corrected chi connectivity index (χ3v) is 5.51. The number of piperazine rings is 1. The number of hydrogen-bond donors (Lipinski definition) is 2. The van der Waals surface area contributed by atoms with Gasteiger partial charge in [-0.15, -0.1) is 0 Å². The van der Waals surface area contributed by atoms with Gasteiger partial charge >= 0.3 is 0 Å². The molecule has 6 heteroatoms. The van der Waals surface area contributed by atoms with Crippen LogP contribution in [0.4, 0.5) is 11.4 Å². The second kappa shape index (κ2) is 8.09. The van der Waals surface area contributed by atoms with E-state index < -0.39 is 0 Å². The summed E-state index contributed by atoms with van der Waals surface area (Å²) in [6.45, 7) is 8.46. The minimum absolute atomic E-state index is 0.283. The molecule has 6 nitrogen and oxygen atoms in total. The second-order valence-corrected chi connectivity index (χ2v) is 7.71. The van der Waals surface area contributed by atoms with Crippen molar-refractivity contribution in [2.75, 3.05) is 36.4 Å². The molecule has 1 saturated heterocycles. The number of fused-ring (bicyclic) bond motifs is 1. The summed E-state index contributed by atoms with van der Waals surface area (Å²) in [4.78, 5) is 32.4. The van der Waals surface area contributed by atoms with Crippen LogP contribution < -0.4 is 15.8 Å². The van der Waals surface area contributed by atoms with Crippen molar-refractivity contribution in [1.82, 2.24) is 9.88 Å². The van der Waals surface area contributed by atoms with Crippen molar-refractivity contribution in [2.45, 2.75) is 19.9 Å². The first-order chi connectivity index (χ1) is 14.0. The monoisotopic (exact) mass is 390 g/mol. The molecule has 0 spiro atoms. The highest BCUT2D eigenvalue weighted by molar-refractivity contribution is 6.12. The first-order valence-corrected chi connectivity index (χ1v) is 10.0. The number of aromatic amines is 1. The maximum absolute atomic E-state index is 12.9. The van der Waals surface area contributed by atoms with Gasteiger partial charge in [-0.25, -0.2) is 0 Å². The molecule has 4 rings (SSSR count). The molecule has 0 aliphatic carbocycles. The van der Waals surface area contributed by atoms with Crippen LogP contribution in [0.1, 0.15) is 24.2 Å². The maximum atomic E-state index is 12.9. The van der Waals surface area contributed by atoms with Crippen LogP contribution in [0.5, 0.6) is 0 Å². The van der Waals surface area contributed by atoms with E-state index in [-0.39, 0.29) is 11.5 Å². The zero-order chi connectivity index (χ0) is 20.4. The highest BCUT2D eigenvalue weighted by Crippen LogP contribution is 2.23. The lowest BCUT2D eigenvalue weighted by Crippen LogP contribution is -2.48. The first-order valence-electron chi connectivity index (χ1n) is 10.0. The van der Waals surface area contributed by atoms with E-state index in [0.29, 0.717) is 17.1 Å². The topological polar surface area (TPSA) is 68.4 Å². The third kappa shape index (κ3) is 4.17. The van der Waals surface area contributed by atoms with E-state index >= 15 is 0 Å². The molecular formula is C23H26N4O2. The molecule has 1 aliphatic rings. The Hall–Kier alpha value is -3.12. The Bertz CT molecular complexity index is 1080. The number of aromatic nitrogens is 1. The molecule has 1 amide bonds. The fourth-order valence-electron chi connectivity index (χ4n) is 3.87. The number of nitrogens with zero attached hydrogens (tertiary/aromatic N) is 2. The highest BCUT2D eigenvalue weighted by Gasteiger charge is 2.19. The standard InChI is InChI=1S/C23H26N4O2/c1-16(2)26-10-12-27(13-11-26)18-7-5-6-17(14-18)24-23(29)20-15-22(28)25-21-9-4-3-8-19(20)21/h3-9,14-16H,10-13H2,1-2H3,(H,24,29)(H,25,28). The van der Waals surface area contributed by atoms with Gasteiger partial charge in [0.15, 0.2) is 0 Å². The van der Waals surface area contributed by atoms with E-state index in [1.165, 1.54) is 6.07 Å². The first kappa shape index (κ1) is 19.2. The lowest BCUT2D eigenvalue weighted by Gasteiger charge is -2.38. The summed E-state index contributed by atoms with van der Waals surface area (Å²) in [6.07, 6.45) is 0. The van der Waals surface area contributed by atoms with Gasteiger partial charge in [0.05, 0.1) is 5.56 Å². The van der Waals surface area contributed by atoms with Crippen molar-refractivity contribution < 1.29 is 4.79 Å². The number of para-hydroxylation sites is 1. The number of pyridine rings is 1. The number of carbonyl (C=O) groups is 1. The molecule has 0 radical (unpaired) electrons. The molecule has 2 N–H and O–H groups in total. The van der Waals surface area contributed by atoms with Crippen molar-refractivity contribution in [3.05, 3.63) is 70.5 Å². The van der Waals surface area contributed by atoms with E-state index in [1.54, 1.807) is 6.07 Å². The van der Waals surface area contributed by atoms with Gasteiger partial charge < -0.3 is 15.2 Å². The molecular weight excluding hydrogens is 364 g/mol. The lowest BCUT2D eigenvalue weighted by molar-refractivity contribution is 0.102. The van der Waals surface area contributed by atoms with Crippen LogP contribution in [0.2, 0.25) is 0 Å². The van der Waals surface area contributed by atoms with E-state index in [1.807, 2.05) is 36.4 Å². The smallest absolute Gasteiger partial charge is 0.256 e. The van der Waals surface area contributed by atoms with Gasteiger partial charge in [-0.3, -0.25) is 14.5 Å². The molecule has 29 heavy (non-hydrogen) atoms. The SMILES string of the molecule is CC(C)N1CCN(c2cccc(NC(=O)c3cc(=O)[nH]c4ccccc34)c2)CC1. The van der Waals surface area contributed by atoms with Gasteiger partial charge in [-0.05, 0) is 38.1 Å². The van der Waals surface area contributed by atoms with E-state index in [4.69, 9.17) is 0 Å². The number of carbonyl (C=O) groups excluding carboxylic acids is 1. The molecule has 2 heterocycles. The number of benzene rings is 2. The quantitative estimate of drug-likeness (QED) is 0.717. The largest absolute Gasteiger partial charge is 0.369 e. The van der Waals surface area contributed by atoms with Crippen molar-refractivity contribution in [3.63, 3.8) is 0 Å². The minimum atomic E-state index is -0.286. The molecule has 0 unspecified atom stereocenters. The van der Waals surface area contributed by atoms with Crippen LogP contribution in [-0.4, -0.2) is 48.0 Å². The lowest BCUT2D eigenvalue weighted by atomic mass is 10.1. The molecule has 0 bridgehead atoms. The summed E-state index contributed by atoms with van der Waals surface area (Å²) in [5, 5.41) is 3.68. The maximum Gasteiger partial charge on any atom is 0.256 e.